The summed E-state index contributed by atoms with van der Waals surface area (Å²) in [6.07, 6.45) is 2.99. The number of piperidine rings is 1. The fourth-order valence-electron chi connectivity index (χ4n) is 4.30. The molecule has 0 spiro atoms. The van der Waals surface area contributed by atoms with E-state index in [0.717, 1.165) is 0 Å². The highest BCUT2D eigenvalue weighted by molar-refractivity contribution is 7.88. The third-order valence-electron chi connectivity index (χ3n) is 6.22. The molecule has 1 unspecified atom stereocenters. The van der Waals surface area contributed by atoms with Crippen LogP contribution in [-0.4, -0.2) is 66.9 Å². The average Bonchev–Trinajstić information content (AvgIpc) is 3.33. The number of sulfonamides is 1. The number of aryl methyl sites for hydroxylation is 1. The first kappa shape index (κ1) is 25.0. The van der Waals surface area contributed by atoms with Crippen molar-refractivity contribution in [2.45, 2.75) is 38.8 Å². The van der Waals surface area contributed by atoms with Gasteiger partial charge in [-0.15, -0.1) is 0 Å². The summed E-state index contributed by atoms with van der Waals surface area (Å²) in [6, 6.07) is 5.95. The standard InChI is InChI=1S/C23H28FN5O5S/c1-14-26-18(19-12-21(34-28-19)16-6-8-29(9-7-16)35(3,31)32)11-20(27-14)23(30)25-13-15-4-5-17(24)22(10-15)33-2/h4-5,10-11,16,21H,6-9,12-13H2,1-3H3,(H,25,30). The zero-order valence-electron chi connectivity index (χ0n) is 19.8. The molecule has 188 valence electrons. The zero-order valence-corrected chi connectivity index (χ0v) is 20.6. The monoisotopic (exact) mass is 505 g/mol. The Morgan fingerprint density at radius 2 is 2.00 bits per heavy atom. The number of rotatable bonds is 7. The van der Waals surface area contributed by atoms with Crippen LogP contribution < -0.4 is 10.1 Å². The number of oxime groups is 1. The number of halogens is 1. The van der Waals surface area contributed by atoms with E-state index in [1.54, 1.807) is 19.1 Å². The number of nitrogens with one attached hydrogen (secondary N) is 1. The van der Waals surface area contributed by atoms with Gasteiger partial charge in [-0.2, -0.15) is 0 Å². The van der Waals surface area contributed by atoms with Crippen LogP contribution in [0.15, 0.2) is 29.4 Å². The van der Waals surface area contributed by atoms with Crippen molar-refractivity contribution in [3.63, 3.8) is 0 Å². The topological polar surface area (TPSA) is 123 Å². The molecule has 10 nitrogen and oxygen atoms in total. The van der Waals surface area contributed by atoms with Gasteiger partial charge in [0, 0.05) is 32.0 Å². The van der Waals surface area contributed by atoms with Crippen molar-refractivity contribution in [3.8, 4) is 5.75 Å². The van der Waals surface area contributed by atoms with Crippen molar-refractivity contribution in [2.75, 3.05) is 26.5 Å². The Kier molecular flexibility index (Phi) is 7.31. The Balaban J connectivity index is 1.38. The number of carbonyl (C=O) groups is 1. The summed E-state index contributed by atoms with van der Waals surface area (Å²) in [4.78, 5) is 27.1. The van der Waals surface area contributed by atoms with Gasteiger partial charge in [0.25, 0.3) is 5.91 Å². The van der Waals surface area contributed by atoms with Crippen molar-refractivity contribution in [3.05, 3.63) is 52.9 Å². The summed E-state index contributed by atoms with van der Waals surface area (Å²) >= 11 is 0. The molecule has 12 heteroatoms. The molecule has 4 rings (SSSR count). The van der Waals surface area contributed by atoms with E-state index in [2.05, 4.69) is 20.4 Å². The van der Waals surface area contributed by atoms with Crippen LogP contribution in [0.1, 0.15) is 46.8 Å². The predicted octanol–water partition coefficient (Wildman–Crippen LogP) is 2.03. The SMILES string of the molecule is COc1cc(CNC(=O)c2cc(C3=NOC(C4CCN(S(C)(=O)=O)CC4)C3)nc(C)n2)ccc1F. The molecule has 0 aliphatic carbocycles. The summed E-state index contributed by atoms with van der Waals surface area (Å²) in [5.41, 5.74) is 2.01. The fraction of sp³-hybridized carbons (Fsp3) is 0.478. The number of methoxy groups -OCH3 is 1. The van der Waals surface area contributed by atoms with Crippen molar-refractivity contribution >= 4 is 21.6 Å². The van der Waals surface area contributed by atoms with E-state index in [9.17, 15) is 17.6 Å². The molecular weight excluding hydrogens is 477 g/mol. The average molecular weight is 506 g/mol. The number of aromatic nitrogens is 2. The molecule has 1 N–H and O–H groups in total. The quantitative estimate of drug-likeness (QED) is 0.611. The van der Waals surface area contributed by atoms with Crippen molar-refractivity contribution in [1.29, 1.82) is 0 Å². The number of carbonyl (C=O) groups excluding carboxylic acids is 1. The van der Waals surface area contributed by atoms with Crippen LogP contribution in [0.3, 0.4) is 0 Å². The number of nitrogens with zero attached hydrogens (tertiary/aromatic N) is 4. The van der Waals surface area contributed by atoms with Crippen LogP contribution in [0.5, 0.6) is 5.75 Å². The molecule has 1 aromatic carbocycles. The minimum atomic E-state index is -3.19. The highest BCUT2D eigenvalue weighted by Gasteiger charge is 2.35. The lowest BCUT2D eigenvalue weighted by atomic mass is 9.89. The molecule has 0 bridgehead atoms. The Morgan fingerprint density at radius 1 is 1.26 bits per heavy atom. The highest BCUT2D eigenvalue weighted by atomic mass is 32.2. The Morgan fingerprint density at radius 3 is 2.69 bits per heavy atom. The molecule has 35 heavy (non-hydrogen) atoms. The second kappa shape index (κ2) is 10.2. The van der Waals surface area contributed by atoms with Crippen LogP contribution in [0.2, 0.25) is 0 Å². The van der Waals surface area contributed by atoms with E-state index in [4.69, 9.17) is 9.57 Å². The van der Waals surface area contributed by atoms with Gasteiger partial charge in [0.15, 0.2) is 11.6 Å². The van der Waals surface area contributed by atoms with Crippen LogP contribution in [0.25, 0.3) is 0 Å². The normalized spacial score (nSPS) is 19.2. The van der Waals surface area contributed by atoms with Gasteiger partial charge < -0.3 is 14.9 Å². The van der Waals surface area contributed by atoms with E-state index in [1.807, 2.05) is 0 Å². The number of benzene rings is 1. The van der Waals surface area contributed by atoms with Gasteiger partial charge in [-0.05, 0) is 43.5 Å². The Labute approximate surface area is 203 Å². The number of hydrogen-bond acceptors (Lipinski definition) is 8. The lowest BCUT2D eigenvalue weighted by molar-refractivity contribution is 0.0225. The van der Waals surface area contributed by atoms with Gasteiger partial charge in [0.2, 0.25) is 10.0 Å². The fourth-order valence-corrected chi connectivity index (χ4v) is 5.17. The molecule has 2 aliphatic rings. The molecule has 2 aliphatic heterocycles. The molecule has 0 radical (unpaired) electrons. The lowest BCUT2D eigenvalue weighted by Gasteiger charge is -2.32. The van der Waals surface area contributed by atoms with Crippen molar-refractivity contribution < 1.29 is 27.2 Å². The number of ether oxygens (including phenoxy) is 1. The largest absolute Gasteiger partial charge is 0.494 e. The van der Waals surface area contributed by atoms with E-state index in [-0.39, 0.29) is 30.0 Å². The van der Waals surface area contributed by atoms with E-state index < -0.39 is 21.7 Å². The van der Waals surface area contributed by atoms with Gasteiger partial charge in [-0.25, -0.2) is 27.1 Å². The van der Waals surface area contributed by atoms with Gasteiger partial charge in [-0.1, -0.05) is 11.2 Å². The van der Waals surface area contributed by atoms with Crippen LogP contribution in [0, 0.1) is 18.7 Å². The molecule has 1 atom stereocenters. The summed E-state index contributed by atoms with van der Waals surface area (Å²) < 4.78 is 43.6. The van der Waals surface area contributed by atoms with Gasteiger partial charge in [-0.3, -0.25) is 4.79 Å². The summed E-state index contributed by atoms with van der Waals surface area (Å²) in [5, 5.41) is 6.98. The van der Waals surface area contributed by atoms with Gasteiger partial charge in [0.1, 0.15) is 23.3 Å². The van der Waals surface area contributed by atoms with Crippen molar-refractivity contribution in [2.24, 2.45) is 11.1 Å². The Bertz CT molecular complexity index is 1240. The molecule has 1 amide bonds. The van der Waals surface area contributed by atoms with Crippen LogP contribution in [-0.2, 0) is 21.4 Å². The number of amides is 1. The second-order valence-corrected chi connectivity index (χ2v) is 10.7. The maximum Gasteiger partial charge on any atom is 0.270 e. The third-order valence-corrected chi connectivity index (χ3v) is 7.52. The smallest absolute Gasteiger partial charge is 0.270 e. The molecule has 1 aromatic heterocycles. The highest BCUT2D eigenvalue weighted by Crippen LogP contribution is 2.30. The number of hydrogen-bond donors (Lipinski definition) is 1. The second-order valence-electron chi connectivity index (χ2n) is 8.72. The maximum atomic E-state index is 13.6. The van der Waals surface area contributed by atoms with Crippen molar-refractivity contribution in [1.82, 2.24) is 19.6 Å². The maximum absolute atomic E-state index is 13.6. The molecule has 1 fully saturated rings. The molecular formula is C23H28FN5O5S. The molecule has 2 aromatic rings. The van der Waals surface area contributed by atoms with E-state index in [0.29, 0.717) is 55.1 Å². The predicted molar refractivity (Wildman–Crippen MR) is 126 cm³/mol. The minimum Gasteiger partial charge on any atom is -0.494 e. The molecule has 3 heterocycles. The Hall–Kier alpha value is -3.12. The lowest BCUT2D eigenvalue weighted by Crippen LogP contribution is -2.40. The van der Waals surface area contributed by atoms with E-state index in [1.165, 1.54) is 29.8 Å². The van der Waals surface area contributed by atoms with E-state index >= 15 is 0 Å². The first-order chi connectivity index (χ1) is 16.6. The molecule has 1 saturated heterocycles. The first-order valence-electron chi connectivity index (χ1n) is 11.3. The third kappa shape index (κ3) is 5.93. The van der Waals surface area contributed by atoms with Gasteiger partial charge in [0.05, 0.1) is 19.1 Å². The minimum absolute atomic E-state index is 0.104. The molecule has 0 saturated carbocycles. The summed E-state index contributed by atoms with van der Waals surface area (Å²) in [5.74, 6) is -0.161. The zero-order chi connectivity index (χ0) is 25.2. The van der Waals surface area contributed by atoms with Gasteiger partial charge >= 0.3 is 0 Å². The first-order valence-corrected chi connectivity index (χ1v) is 13.1. The summed E-state index contributed by atoms with van der Waals surface area (Å²) in [6.45, 7) is 2.80. The van der Waals surface area contributed by atoms with Crippen LogP contribution in [0.4, 0.5) is 4.39 Å². The summed E-state index contributed by atoms with van der Waals surface area (Å²) in [7, 11) is -1.81. The van der Waals surface area contributed by atoms with Crippen LogP contribution >= 0.6 is 0 Å².